The van der Waals surface area contributed by atoms with Crippen molar-refractivity contribution >= 4 is 56.6 Å². The van der Waals surface area contributed by atoms with Crippen LogP contribution in [0.2, 0.25) is 0 Å². The summed E-state index contributed by atoms with van der Waals surface area (Å²) in [6.07, 6.45) is -2.87. The summed E-state index contributed by atoms with van der Waals surface area (Å²) in [5.74, 6) is 1.50. The quantitative estimate of drug-likeness (QED) is 0.0873. The minimum absolute atomic E-state index is 0.0386. The van der Waals surface area contributed by atoms with E-state index in [0.29, 0.717) is 74.1 Å². The highest BCUT2D eigenvalue weighted by atomic mass is 19.4. The first-order chi connectivity index (χ1) is 30.9. The van der Waals surface area contributed by atoms with Crippen molar-refractivity contribution in [1.82, 2.24) is 19.9 Å². The van der Waals surface area contributed by atoms with Gasteiger partial charge in [0.15, 0.2) is 0 Å². The van der Waals surface area contributed by atoms with Crippen LogP contribution in [0, 0.1) is 0 Å². The van der Waals surface area contributed by atoms with Crippen LogP contribution in [0.15, 0.2) is 128 Å². The number of nitrogens with one attached hydrogen (secondary N) is 4. The summed E-state index contributed by atoms with van der Waals surface area (Å²) < 4.78 is 56.6. The minimum atomic E-state index is -4.54. The number of halogens is 3. The fraction of sp³-hybridized carbons (Fsp3) is 0.125. The van der Waals surface area contributed by atoms with Gasteiger partial charge in [-0.05, 0) is 120 Å². The van der Waals surface area contributed by atoms with Crippen LogP contribution in [0.4, 0.5) is 36.4 Å². The van der Waals surface area contributed by atoms with Crippen LogP contribution in [0.3, 0.4) is 0 Å². The predicted octanol–water partition coefficient (Wildman–Crippen LogP) is 10.1. The Morgan fingerprint density at radius 3 is 1.62 bits per heavy atom. The lowest BCUT2D eigenvalue weighted by molar-refractivity contribution is -0.137. The van der Waals surface area contributed by atoms with E-state index >= 15 is 0 Å². The molecule has 0 atom stereocenters. The maximum Gasteiger partial charge on any atom is 0.416 e. The second-order valence-electron chi connectivity index (χ2n) is 14.4. The molecule has 0 radical (unpaired) electrons. The highest BCUT2D eigenvalue weighted by Crippen LogP contribution is 2.36. The minimum Gasteiger partial charge on any atom is -0.497 e. The molecular weight excluding hydrogens is 826 g/mol. The molecule has 8 rings (SSSR count). The average molecular weight is 865 g/mol. The van der Waals surface area contributed by atoms with Gasteiger partial charge in [0.2, 0.25) is 11.9 Å². The first-order valence-corrected chi connectivity index (χ1v) is 19.7. The standard InChI is InChI=1S/C48H39F3N8O5/c1-52-46-54-18-17-40(58-46)31-19-29-9-15-36(62-3)24-38(29)42(21-31)56-45(61)28-7-13-35(14-8-28)64-26-34-23-41(59-47(53-2)55-34)32-20-30-10-16-37(63-4)25-39(30)43(22-32)57-44(60)27-5-11-33(12-6-27)48(49,50)51/h5-25H,26H2,1-4H3,(H,56,61)(H,57,60)(H,52,54,58)(H,53,55,59). The smallest absolute Gasteiger partial charge is 0.416 e. The van der Waals surface area contributed by atoms with E-state index in [1.807, 2.05) is 42.5 Å². The lowest BCUT2D eigenvalue weighted by Crippen LogP contribution is -2.13. The number of rotatable bonds is 13. The number of carbonyl (C=O) groups excluding carboxylic acids is 2. The Balaban J connectivity index is 1.02. The fourth-order valence-corrected chi connectivity index (χ4v) is 6.96. The van der Waals surface area contributed by atoms with Crippen molar-refractivity contribution in [3.63, 3.8) is 0 Å². The van der Waals surface area contributed by atoms with Gasteiger partial charge in [0.25, 0.3) is 11.8 Å². The maximum absolute atomic E-state index is 13.7. The van der Waals surface area contributed by atoms with Crippen LogP contribution in [0.5, 0.6) is 17.2 Å². The zero-order chi connectivity index (χ0) is 45.0. The number of hydrogen-bond acceptors (Lipinski definition) is 11. The van der Waals surface area contributed by atoms with Crippen molar-refractivity contribution in [3.05, 3.63) is 150 Å². The van der Waals surface area contributed by atoms with E-state index in [9.17, 15) is 22.8 Å². The Labute approximate surface area is 364 Å². The molecule has 2 heterocycles. The number of methoxy groups -OCH3 is 2. The highest BCUT2D eigenvalue weighted by Gasteiger charge is 2.30. The third kappa shape index (κ3) is 9.30. The SMILES string of the molecule is CNc1nccc(-c2cc(NC(=O)c3ccc(OCc4cc(-c5cc(NC(=O)c6ccc(C(F)(F)F)cc6)c6cc(OC)ccc6c5)nc(NC)n4)cc3)c3cc(OC)ccc3c2)n1. The summed E-state index contributed by atoms with van der Waals surface area (Å²) in [4.78, 5) is 45.1. The largest absolute Gasteiger partial charge is 0.497 e. The van der Waals surface area contributed by atoms with Crippen LogP contribution >= 0.6 is 0 Å². The van der Waals surface area contributed by atoms with Gasteiger partial charge in [-0.15, -0.1) is 0 Å². The topological polar surface area (TPSA) is 162 Å². The summed E-state index contributed by atoms with van der Waals surface area (Å²) in [6, 6.07) is 32.7. The summed E-state index contributed by atoms with van der Waals surface area (Å²) in [5.41, 5.74) is 3.65. The number of aromatic nitrogens is 4. The molecule has 0 saturated carbocycles. The molecule has 0 aliphatic carbocycles. The highest BCUT2D eigenvalue weighted by molar-refractivity contribution is 6.11. The molecule has 16 heteroatoms. The van der Waals surface area contributed by atoms with Gasteiger partial charge in [0, 0.05) is 64.7 Å². The molecule has 0 saturated heterocycles. The second kappa shape index (κ2) is 18.0. The molecule has 0 aliphatic rings. The molecule has 0 fully saturated rings. The summed E-state index contributed by atoms with van der Waals surface area (Å²) >= 11 is 0. The van der Waals surface area contributed by atoms with Gasteiger partial charge in [-0.25, -0.2) is 19.9 Å². The molecule has 0 aliphatic heterocycles. The van der Waals surface area contributed by atoms with Gasteiger partial charge in [-0.1, -0.05) is 12.1 Å². The van der Waals surface area contributed by atoms with Crippen molar-refractivity contribution in [1.29, 1.82) is 0 Å². The van der Waals surface area contributed by atoms with Gasteiger partial charge in [0.05, 0.1) is 36.9 Å². The number of anilines is 4. The van der Waals surface area contributed by atoms with E-state index in [1.165, 1.54) is 7.11 Å². The second-order valence-corrected chi connectivity index (χ2v) is 14.4. The fourth-order valence-electron chi connectivity index (χ4n) is 6.96. The van der Waals surface area contributed by atoms with Crippen LogP contribution in [-0.4, -0.2) is 60.1 Å². The molecule has 0 spiro atoms. The third-order valence-corrected chi connectivity index (χ3v) is 10.3. The Kier molecular flexibility index (Phi) is 11.9. The number of amides is 2. The molecule has 0 unspecified atom stereocenters. The molecular formula is C48H39F3N8O5. The maximum atomic E-state index is 13.7. The van der Waals surface area contributed by atoms with E-state index in [0.717, 1.165) is 46.0 Å². The van der Waals surface area contributed by atoms with Crippen LogP contribution in [0.25, 0.3) is 44.1 Å². The van der Waals surface area contributed by atoms with Gasteiger partial charge >= 0.3 is 6.18 Å². The summed E-state index contributed by atoms with van der Waals surface area (Å²) in [5, 5.41) is 14.9. The number of alkyl halides is 3. The molecule has 2 aromatic heterocycles. The van der Waals surface area contributed by atoms with E-state index in [-0.39, 0.29) is 18.1 Å². The Hall–Kier alpha value is -8.27. The Bertz CT molecular complexity index is 3040. The van der Waals surface area contributed by atoms with Gasteiger partial charge in [0.1, 0.15) is 23.9 Å². The predicted molar refractivity (Wildman–Crippen MR) is 240 cm³/mol. The Morgan fingerprint density at radius 2 is 1.09 bits per heavy atom. The van der Waals surface area contributed by atoms with E-state index in [2.05, 4.69) is 41.2 Å². The van der Waals surface area contributed by atoms with Crippen LogP contribution in [-0.2, 0) is 12.8 Å². The number of carbonyl (C=O) groups is 2. The lowest BCUT2D eigenvalue weighted by Gasteiger charge is -2.15. The molecule has 4 N–H and O–H groups in total. The Morgan fingerprint density at radius 1 is 0.578 bits per heavy atom. The van der Waals surface area contributed by atoms with Crippen LogP contribution in [0.1, 0.15) is 32.0 Å². The molecule has 6 aromatic carbocycles. The first kappa shape index (κ1) is 42.4. The lowest BCUT2D eigenvalue weighted by atomic mass is 10.0. The van der Waals surface area contributed by atoms with Crippen LogP contribution < -0.4 is 35.5 Å². The van der Waals surface area contributed by atoms with E-state index in [1.54, 1.807) is 82.0 Å². The van der Waals surface area contributed by atoms with Gasteiger partial charge in [-0.3, -0.25) is 9.59 Å². The molecule has 0 bridgehead atoms. The zero-order valence-electron chi connectivity index (χ0n) is 34.8. The van der Waals surface area contributed by atoms with E-state index in [4.69, 9.17) is 14.2 Å². The van der Waals surface area contributed by atoms with Gasteiger partial charge in [-0.2, -0.15) is 13.2 Å². The molecule has 64 heavy (non-hydrogen) atoms. The molecule has 322 valence electrons. The summed E-state index contributed by atoms with van der Waals surface area (Å²) in [7, 11) is 6.53. The third-order valence-electron chi connectivity index (χ3n) is 10.3. The number of nitrogens with zero attached hydrogens (tertiary/aromatic N) is 4. The molecule has 2 amide bonds. The van der Waals surface area contributed by atoms with Gasteiger partial charge < -0.3 is 35.5 Å². The normalized spacial score (nSPS) is 11.2. The summed E-state index contributed by atoms with van der Waals surface area (Å²) in [6.45, 7) is 0.0386. The zero-order valence-corrected chi connectivity index (χ0v) is 34.8. The first-order valence-electron chi connectivity index (χ1n) is 19.7. The number of fused-ring (bicyclic) bond motifs is 2. The van der Waals surface area contributed by atoms with Crippen molar-refractivity contribution in [2.45, 2.75) is 12.8 Å². The van der Waals surface area contributed by atoms with Crippen molar-refractivity contribution in [2.24, 2.45) is 0 Å². The van der Waals surface area contributed by atoms with E-state index < -0.39 is 17.6 Å². The number of benzene rings is 6. The average Bonchev–Trinajstić information content (AvgIpc) is 3.32. The van der Waals surface area contributed by atoms with Crippen molar-refractivity contribution in [2.75, 3.05) is 49.6 Å². The monoisotopic (exact) mass is 864 g/mol. The molecule has 13 nitrogen and oxygen atoms in total. The number of hydrogen-bond donors (Lipinski definition) is 4. The van der Waals surface area contributed by atoms with Crippen molar-refractivity contribution < 1.29 is 37.0 Å². The molecule has 8 aromatic rings. The number of ether oxygens (including phenoxy) is 3. The van der Waals surface area contributed by atoms with Crippen molar-refractivity contribution in [3.8, 4) is 39.8 Å².